The fourth-order valence-corrected chi connectivity index (χ4v) is 3.38. The average molecular weight is 430 g/mol. The first-order valence-electron chi connectivity index (χ1n) is 9.26. The van der Waals surface area contributed by atoms with Crippen LogP contribution in [0.25, 0.3) is 16.8 Å². The summed E-state index contributed by atoms with van der Waals surface area (Å²) in [5, 5.41) is 0. The summed E-state index contributed by atoms with van der Waals surface area (Å²) >= 11 is 0. The molecule has 0 radical (unpaired) electrons. The molecular formula is C22H17F3N2O4. The van der Waals surface area contributed by atoms with Crippen LogP contribution in [0.4, 0.5) is 18.9 Å². The van der Waals surface area contributed by atoms with Gasteiger partial charge in [-0.2, -0.15) is 0 Å². The molecule has 0 saturated carbocycles. The monoisotopic (exact) mass is 430 g/mol. The minimum Gasteiger partial charge on any atom is -0.482 e. The second kappa shape index (κ2) is 7.50. The van der Waals surface area contributed by atoms with E-state index < -0.39 is 6.36 Å². The molecule has 1 amide bonds. The van der Waals surface area contributed by atoms with Gasteiger partial charge in [-0.3, -0.25) is 14.2 Å². The SMILES string of the molecule is Cc1cc(=O)n(-c2ccc(OC(F)(F)F)cc2)cc1-c1ccc2c(c1)N(C)C(=O)CO2. The summed E-state index contributed by atoms with van der Waals surface area (Å²) < 4.78 is 47.8. The van der Waals surface area contributed by atoms with Crippen LogP contribution in [0.3, 0.4) is 0 Å². The van der Waals surface area contributed by atoms with E-state index in [0.717, 1.165) is 23.3 Å². The zero-order chi connectivity index (χ0) is 22.3. The van der Waals surface area contributed by atoms with Crippen LogP contribution in [-0.4, -0.2) is 30.5 Å². The van der Waals surface area contributed by atoms with Crippen molar-refractivity contribution < 1.29 is 27.4 Å². The number of nitrogens with zero attached hydrogens (tertiary/aromatic N) is 2. The standard InChI is InChI=1S/C22H17F3N2O4/c1-13-9-20(28)27(15-4-6-16(7-5-15)31-22(23,24)25)11-17(13)14-3-8-19-18(10-14)26(2)21(29)12-30-19/h3-11H,12H2,1-2H3. The van der Waals surface area contributed by atoms with Crippen molar-refractivity contribution in [1.29, 1.82) is 0 Å². The average Bonchev–Trinajstić information content (AvgIpc) is 2.70. The van der Waals surface area contributed by atoms with Crippen molar-refractivity contribution in [3.05, 3.63) is 70.6 Å². The summed E-state index contributed by atoms with van der Waals surface area (Å²) in [4.78, 5) is 26.0. The molecule has 6 nitrogen and oxygen atoms in total. The largest absolute Gasteiger partial charge is 0.573 e. The number of fused-ring (bicyclic) bond motifs is 1. The van der Waals surface area contributed by atoms with E-state index in [1.54, 1.807) is 32.3 Å². The first-order chi connectivity index (χ1) is 14.6. The fourth-order valence-electron chi connectivity index (χ4n) is 3.38. The molecule has 0 atom stereocenters. The van der Waals surface area contributed by atoms with Crippen molar-refractivity contribution in [2.24, 2.45) is 0 Å². The number of amides is 1. The summed E-state index contributed by atoms with van der Waals surface area (Å²) in [6.45, 7) is 1.76. The Hall–Kier alpha value is -3.75. The predicted octanol–water partition coefficient (Wildman–Crippen LogP) is 4.07. The highest BCUT2D eigenvalue weighted by atomic mass is 19.4. The molecule has 2 aromatic carbocycles. The van der Waals surface area contributed by atoms with Gasteiger partial charge in [0.25, 0.3) is 11.5 Å². The summed E-state index contributed by atoms with van der Waals surface area (Å²) in [5.74, 6) is 0.0311. The van der Waals surface area contributed by atoms with Gasteiger partial charge < -0.3 is 14.4 Å². The smallest absolute Gasteiger partial charge is 0.482 e. The maximum Gasteiger partial charge on any atom is 0.573 e. The normalized spacial score (nSPS) is 13.6. The highest BCUT2D eigenvalue weighted by Crippen LogP contribution is 2.36. The van der Waals surface area contributed by atoms with Crippen molar-refractivity contribution in [2.45, 2.75) is 13.3 Å². The lowest BCUT2D eigenvalue weighted by Gasteiger charge is -2.26. The van der Waals surface area contributed by atoms with Crippen LogP contribution >= 0.6 is 0 Å². The van der Waals surface area contributed by atoms with Crippen LogP contribution in [0, 0.1) is 6.92 Å². The van der Waals surface area contributed by atoms with Crippen LogP contribution in [-0.2, 0) is 4.79 Å². The Morgan fingerprint density at radius 1 is 1.03 bits per heavy atom. The highest BCUT2D eigenvalue weighted by molar-refractivity contribution is 5.98. The lowest BCUT2D eigenvalue weighted by Crippen LogP contribution is -2.35. The van der Waals surface area contributed by atoms with E-state index in [1.165, 1.54) is 27.7 Å². The van der Waals surface area contributed by atoms with E-state index in [0.29, 0.717) is 22.7 Å². The number of carbonyl (C=O) groups excluding carboxylic acids is 1. The number of benzene rings is 2. The zero-order valence-corrected chi connectivity index (χ0v) is 16.6. The number of carbonyl (C=O) groups is 1. The number of aryl methyl sites for hydroxylation is 1. The molecule has 1 aliphatic rings. The quantitative estimate of drug-likeness (QED) is 0.629. The minimum atomic E-state index is -4.79. The van der Waals surface area contributed by atoms with Crippen LogP contribution in [0.2, 0.25) is 0 Å². The molecule has 160 valence electrons. The third-order valence-electron chi connectivity index (χ3n) is 4.97. The number of aromatic nitrogens is 1. The van der Waals surface area contributed by atoms with Gasteiger partial charge in [0.05, 0.1) is 5.69 Å². The van der Waals surface area contributed by atoms with Crippen LogP contribution in [0.15, 0.2) is 59.5 Å². The van der Waals surface area contributed by atoms with Crippen molar-refractivity contribution >= 4 is 11.6 Å². The highest BCUT2D eigenvalue weighted by Gasteiger charge is 2.31. The molecule has 9 heteroatoms. The Morgan fingerprint density at radius 2 is 1.74 bits per heavy atom. The molecule has 0 aliphatic carbocycles. The molecule has 1 aliphatic heterocycles. The van der Waals surface area contributed by atoms with Gasteiger partial charge in [0, 0.05) is 30.6 Å². The molecule has 4 rings (SSSR count). The number of likely N-dealkylation sites (N-methyl/N-ethyl adjacent to an activating group) is 1. The van der Waals surface area contributed by atoms with E-state index in [2.05, 4.69) is 4.74 Å². The molecule has 0 fully saturated rings. The van der Waals surface area contributed by atoms with Gasteiger partial charge >= 0.3 is 6.36 Å². The number of ether oxygens (including phenoxy) is 2. The predicted molar refractivity (Wildman–Crippen MR) is 108 cm³/mol. The van der Waals surface area contributed by atoms with Crippen molar-refractivity contribution in [3.63, 3.8) is 0 Å². The number of hydrogen-bond acceptors (Lipinski definition) is 4. The number of pyridine rings is 1. The third-order valence-corrected chi connectivity index (χ3v) is 4.97. The van der Waals surface area contributed by atoms with Crippen molar-refractivity contribution in [1.82, 2.24) is 4.57 Å². The topological polar surface area (TPSA) is 60.8 Å². The van der Waals surface area contributed by atoms with Crippen LogP contribution in [0.5, 0.6) is 11.5 Å². The molecular weight excluding hydrogens is 413 g/mol. The second-order valence-electron chi connectivity index (χ2n) is 7.04. The lowest BCUT2D eigenvalue weighted by molar-refractivity contribution is -0.274. The van der Waals surface area contributed by atoms with E-state index in [1.807, 2.05) is 6.07 Å². The summed E-state index contributed by atoms with van der Waals surface area (Å²) in [6.07, 6.45) is -3.18. The lowest BCUT2D eigenvalue weighted by atomic mass is 10.0. The first-order valence-corrected chi connectivity index (χ1v) is 9.26. The van der Waals surface area contributed by atoms with Crippen molar-refractivity contribution in [3.8, 4) is 28.3 Å². The Kier molecular flexibility index (Phi) is 4.96. The first kappa shape index (κ1) is 20.5. The number of anilines is 1. The van der Waals surface area contributed by atoms with Gasteiger partial charge in [-0.05, 0) is 54.4 Å². The van der Waals surface area contributed by atoms with E-state index in [9.17, 15) is 22.8 Å². The number of hydrogen-bond donors (Lipinski definition) is 0. The van der Waals surface area contributed by atoms with Gasteiger partial charge in [-0.15, -0.1) is 13.2 Å². The number of halogens is 3. The van der Waals surface area contributed by atoms with Gasteiger partial charge in [-0.25, -0.2) is 0 Å². The van der Waals surface area contributed by atoms with Gasteiger partial charge in [0.2, 0.25) is 0 Å². The maximum atomic E-state index is 12.5. The molecule has 31 heavy (non-hydrogen) atoms. The third kappa shape index (κ3) is 4.11. The van der Waals surface area contributed by atoms with Crippen molar-refractivity contribution in [2.75, 3.05) is 18.6 Å². The van der Waals surface area contributed by atoms with E-state index >= 15 is 0 Å². The van der Waals surface area contributed by atoms with Gasteiger partial charge in [-0.1, -0.05) is 6.07 Å². The molecule has 3 aromatic rings. The Bertz CT molecular complexity index is 1220. The Labute approximate surface area is 175 Å². The van der Waals surface area contributed by atoms with Crippen LogP contribution in [0.1, 0.15) is 5.56 Å². The second-order valence-corrected chi connectivity index (χ2v) is 7.04. The maximum absolute atomic E-state index is 12.5. The molecule has 0 spiro atoms. The minimum absolute atomic E-state index is 0.0270. The Balaban J connectivity index is 1.74. The summed E-state index contributed by atoms with van der Waals surface area (Å²) in [5.41, 5.74) is 2.86. The number of alkyl halides is 3. The number of rotatable bonds is 3. The van der Waals surface area contributed by atoms with E-state index in [-0.39, 0.29) is 23.8 Å². The summed E-state index contributed by atoms with van der Waals surface area (Å²) in [7, 11) is 1.66. The zero-order valence-electron chi connectivity index (χ0n) is 16.6. The molecule has 0 N–H and O–H groups in total. The summed E-state index contributed by atoms with van der Waals surface area (Å²) in [6, 6.07) is 11.8. The van der Waals surface area contributed by atoms with Gasteiger partial charge in [0.1, 0.15) is 11.5 Å². The van der Waals surface area contributed by atoms with Crippen LogP contribution < -0.4 is 19.9 Å². The molecule has 2 heterocycles. The Morgan fingerprint density at radius 3 is 2.42 bits per heavy atom. The van der Waals surface area contributed by atoms with Gasteiger partial charge in [0.15, 0.2) is 6.61 Å². The van der Waals surface area contributed by atoms with E-state index in [4.69, 9.17) is 4.74 Å². The molecule has 1 aromatic heterocycles. The molecule has 0 unspecified atom stereocenters. The molecule has 0 bridgehead atoms. The fraction of sp³-hybridized carbons (Fsp3) is 0.182. The molecule has 0 saturated heterocycles.